The summed E-state index contributed by atoms with van der Waals surface area (Å²) in [6.45, 7) is 1.40. The first-order valence-electron chi connectivity index (χ1n) is 5.68. The first-order valence-corrected chi connectivity index (χ1v) is 5.68. The van der Waals surface area contributed by atoms with Crippen molar-refractivity contribution in [1.82, 2.24) is 5.32 Å². The second-order valence-electron chi connectivity index (χ2n) is 4.15. The van der Waals surface area contributed by atoms with Gasteiger partial charge in [0.25, 0.3) is 0 Å². The first kappa shape index (κ1) is 15.3. The Morgan fingerprint density at radius 1 is 1.42 bits per heavy atom. The van der Waals surface area contributed by atoms with E-state index >= 15 is 0 Å². The number of nitrogen functional groups attached to an aromatic ring is 1. The Kier molecular flexibility index (Phi) is 5.20. The highest BCUT2D eigenvalue weighted by Crippen LogP contribution is 2.28. The number of nitrogens with one attached hydrogen (secondary N) is 1. The van der Waals surface area contributed by atoms with Gasteiger partial charge in [0.1, 0.15) is 6.10 Å². The maximum atomic E-state index is 13.5. The molecule has 5 nitrogen and oxygen atoms in total. The largest absolute Gasteiger partial charge is 0.398 e. The molecule has 0 saturated heterocycles. The highest BCUT2D eigenvalue weighted by Gasteiger charge is 2.25. The maximum absolute atomic E-state index is 13.5. The summed E-state index contributed by atoms with van der Waals surface area (Å²) in [5.41, 5.74) is 4.83. The van der Waals surface area contributed by atoms with Gasteiger partial charge in [-0.1, -0.05) is 0 Å². The van der Waals surface area contributed by atoms with Crippen LogP contribution in [0.4, 0.5) is 14.5 Å². The van der Waals surface area contributed by atoms with Crippen molar-refractivity contribution in [3.05, 3.63) is 29.3 Å². The van der Waals surface area contributed by atoms with Gasteiger partial charge >= 0.3 is 0 Å². The smallest absolute Gasteiger partial charge is 0.216 e. The molecule has 0 heterocycles. The Hall–Kier alpha value is -1.73. The van der Waals surface area contributed by atoms with Crippen LogP contribution in [0.3, 0.4) is 0 Å². The molecule has 0 bridgehead atoms. The van der Waals surface area contributed by atoms with Gasteiger partial charge in [-0.3, -0.25) is 4.79 Å². The van der Waals surface area contributed by atoms with E-state index in [1.54, 1.807) is 0 Å². The third-order valence-corrected chi connectivity index (χ3v) is 2.64. The van der Waals surface area contributed by atoms with Crippen LogP contribution >= 0.6 is 0 Å². The summed E-state index contributed by atoms with van der Waals surface area (Å²) in [5, 5.41) is 21.9. The average molecular weight is 274 g/mol. The number of halogens is 2. The third-order valence-electron chi connectivity index (χ3n) is 2.64. The van der Waals surface area contributed by atoms with Crippen molar-refractivity contribution in [2.45, 2.75) is 25.6 Å². The van der Waals surface area contributed by atoms with Crippen molar-refractivity contribution in [3.63, 3.8) is 0 Å². The predicted molar refractivity (Wildman–Crippen MR) is 65.0 cm³/mol. The van der Waals surface area contributed by atoms with Crippen LogP contribution in [-0.2, 0) is 4.79 Å². The standard InChI is InChI=1S/C12H16F2N2O3/c1-6(17)16-5-4-9(18)12(19)10-8(15)3-2-7(13)11(10)14/h2-3,9,12,18-19H,4-5,15H2,1H3,(H,16,17). The fourth-order valence-corrected chi connectivity index (χ4v) is 1.63. The van der Waals surface area contributed by atoms with E-state index in [0.717, 1.165) is 12.1 Å². The van der Waals surface area contributed by atoms with Gasteiger partial charge in [-0.15, -0.1) is 0 Å². The van der Waals surface area contributed by atoms with Crippen molar-refractivity contribution in [3.8, 4) is 0 Å². The van der Waals surface area contributed by atoms with Crippen LogP contribution in [0.15, 0.2) is 12.1 Å². The van der Waals surface area contributed by atoms with Gasteiger partial charge in [-0.2, -0.15) is 0 Å². The number of carbonyl (C=O) groups excluding carboxylic acids is 1. The van der Waals surface area contributed by atoms with Crippen LogP contribution in [0.2, 0.25) is 0 Å². The van der Waals surface area contributed by atoms with Gasteiger partial charge < -0.3 is 21.3 Å². The predicted octanol–water partition coefficient (Wildman–Crippen LogP) is 0.467. The summed E-state index contributed by atoms with van der Waals surface area (Å²) in [6.07, 6.45) is -3.05. The van der Waals surface area contributed by atoms with E-state index in [2.05, 4.69) is 5.32 Å². The zero-order valence-corrected chi connectivity index (χ0v) is 10.4. The molecule has 0 spiro atoms. The second kappa shape index (κ2) is 6.44. The molecule has 7 heteroatoms. The number of hydrogen-bond acceptors (Lipinski definition) is 4. The normalized spacial score (nSPS) is 13.9. The SMILES string of the molecule is CC(=O)NCCC(O)C(O)c1c(N)ccc(F)c1F. The third kappa shape index (κ3) is 3.87. The summed E-state index contributed by atoms with van der Waals surface area (Å²) < 4.78 is 26.6. The monoisotopic (exact) mass is 274 g/mol. The zero-order chi connectivity index (χ0) is 14.6. The molecule has 0 aliphatic carbocycles. The first-order chi connectivity index (χ1) is 8.84. The van der Waals surface area contributed by atoms with Gasteiger partial charge in [-0.25, -0.2) is 8.78 Å². The lowest BCUT2D eigenvalue weighted by Gasteiger charge is -2.20. The van der Waals surface area contributed by atoms with Gasteiger partial charge in [0.05, 0.1) is 6.10 Å². The average Bonchev–Trinajstić information content (AvgIpc) is 2.33. The molecule has 19 heavy (non-hydrogen) atoms. The van der Waals surface area contributed by atoms with Crippen molar-refractivity contribution in [1.29, 1.82) is 0 Å². The maximum Gasteiger partial charge on any atom is 0.216 e. The summed E-state index contributed by atoms with van der Waals surface area (Å²) in [4.78, 5) is 10.6. The van der Waals surface area contributed by atoms with Gasteiger partial charge in [-0.05, 0) is 18.6 Å². The van der Waals surface area contributed by atoms with Crippen LogP contribution in [0.1, 0.15) is 25.0 Å². The van der Waals surface area contributed by atoms with Crippen LogP contribution < -0.4 is 11.1 Å². The van der Waals surface area contributed by atoms with E-state index in [4.69, 9.17) is 5.73 Å². The number of anilines is 1. The Balaban J connectivity index is 2.79. The molecule has 0 aromatic heterocycles. The lowest BCUT2D eigenvalue weighted by molar-refractivity contribution is -0.119. The number of aliphatic hydroxyl groups excluding tert-OH is 2. The van der Waals surface area contributed by atoms with Crippen LogP contribution in [-0.4, -0.2) is 28.8 Å². The van der Waals surface area contributed by atoms with E-state index in [1.165, 1.54) is 6.92 Å². The highest BCUT2D eigenvalue weighted by atomic mass is 19.2. The lowest BCUT2D eigenvalue weighted by Crippen LogP contribution is -2.28. The number of aliphatic hydroxyl groups is 2. The molecule has 0 saturated carbocycles. The summed E-state index contributed by atoms with van der Waals surface area (Å²) >= 11 is 0. The Bertz CT molecular complexity index is 469. The number of hydrogen-bond donors (Lipinski definition) is 4. The molecule has 0 aliphatic rings. The topological polar surface area (TPSA) is 95.6 Å². The summed E-state index contributed by atoms with van der Waals surface area (Å²) in [6, 6.07) is 1.95. The number of amides is 1. The van der Waals surface area contributed by atoms with Gasteiger partial charge in [0, 0.05) is 24.7 Å². The van der Waals surface area contributed by atoms with Crippen molar-refractivity contribution in [2.24, 2.45) is 0 Å². The minimum Gasteiger partial charge on any atom is -0.398 e. The van der Waals surface area contributed by atoms with Gasteiger partial charge in [0.2, 0.25) is 5.91 Å². The molecule has 5 N–H and O–H groups in total. The Morgan fingerprint density at radius 2 is 2.05 bits per heavy atom. The summed E-state index contributed by atoms with van der Waals surface area (Å²) in [5.74, 6) is -2.73. The molecular formula is C12H16F2N2O3. The molecule has 2 atom stereocenters. The van der Waals surface area contributed by atoms with E-state index in [-0.39, 0.29) is 24.6 Å². The number of carbonyl (C=O) groups is 1. The molecule has 2 unspecified atom stereocenters. The fraction of sp³-hybridized carbons (Fsp3) is 0.417. The van der Waals surface area contributed by atoms with Crippen LogP contribution in [0, 0.1) is 11.6 Å². The highest BCUT2D eigenvalue weighted by molar-refractivity contribution is 5.72. The van der Waals surface area contributed by atoms with Crippen LogP contribution in [0.5, 0.6) is 0 Å². The minimum atomic E-state index is -1.66. The van der Waals surface area contributed by atoms with Crippen molar-refractivity contribution in [2.75, 3.05) is 12.3 Å². The molecule has 0 fully saturated rings. The van der Waals surface area contributed by atoms with Crippen molar-refractivity contribution < 1.29 is 23.8 Å². The zero-order valence-electron chi connectivity index (χ0n) is 10.4. The number of nitrogens with two attached hydrogens (primary N) is 1. The Labute approximate surface area is 109 Å². The number of rotatable bonds is 5. The van der Waals surface area contributed by atoms with E-state index in [9.17, 15) is 23.8 Å². The molecular weight excluding hydrogens is 258 g/mol. The van der Waals surface area contributed by atoms with Crippen LogP contribution in [0.25, 0.3) is 0 Å². The molecule has 106 valence electrons. The molecule has 1 rings (SSSR count). The molecule has 0 aliphatic heterocycles. The van der Waals surface area contributed by atoms with E-state index < -0.39 is 29.4 Å². The molecule has 1 aromatic carbocycles. The minimum absolute atomic E-state index is 0.0177. The quantitative estimate of drug-likeness (QED) is 0.587. The number of benzene rings is 1. The fourth-order valence-electron chi connectivity index (χ4n) is 1.63. The molecule has 0 radical (unpaired) electrons. The van der Waals surface area contributed by atoms with E-state index in [0.29, 0.717) is 0 Å². The van der Waals surface area contributed by atoms with Gasteiger partial charge in [0.15, 0.2) is 11.6 Å². The molecule has 1 amide bonds. The second-order valence-corrected chi connectivity index (χ2v) is 4.15. The molecule has 1 aromatic rings. The summed E-state index contributed by atoms with van der Waals surface area (Å²) in [7, 11) is 0. The van der Waals surface area contributed by atoms with E-state index in [1.807, 2.05) is 0 Å². The lowest BCUT2D eigenvalue weighted by atomic mass is 9.99. The Morgan fingerprint density at radius 3 is 2.63 bits per heavy atom. The van der Waals surface area contributed by atoms with Crippen molar-refractivity contribution >= 4 is 11.6 Å².